The summed E-state index contributed by atoms with van der Waals surface area (Å²) in [5, 5.41) is 3.23. The summed E-state index contributed by atoms with van der Waals surface area (Å²) < 4.78 is 10.3. The van der Waals surface area contributed by atoms with Crippen LogP contribution in [0.5, 0.6) is 5.88 Å². The summed E-state index contributed by atoms with van der Waals surface area (Å²) in [6.45, 7) is 3.21. The number of methoxy groups -OCH3 is 1. The third-order valence-corrected chi connectivity index (χ3v) is 2.28. The largest absolute Gasteiger partial charge is 0.481 e. The first-order valence-electron chi connectivity index (χ1n) is 5.39. The number of nitrogens with one attached hydrogen (secondary N) is 1. The molecule has 5 heteroatoms. The Morgan fingerprint density at radius 1 is 1.24 bits per heavy atom. The molecule has 0 bridgehead atoms. The van der Waals surface area contributed by atoms with Gasteiger partial charge in [0.15, 0.2) is 0 Å². The molecule has 90 valence electrons. The van der Waals surface area contributed by atoms with Crippen LogP contribution in [-0.4, -0.2) is 17.1 Å². The Balaban J connectivity index is 1.81. The number of hydrogen-bond donors (Lipinski definition) is 1. The van der Waals surface area contributed by atoms with Crippen molar-refractivity contribution in [1.82, 2.24) is 15.3 Å². The van der Waals surface area contributed by atoms with Crippen molar-refractivity contribution < 1.29 is 9.15 Å². The average Bonchev–Trinajstić information content (AvgIpc) is 2.76. The maximum absolute atomic E-state index is 5.35. The predicted octanol–water partition coefficient (Wildman–Crippen LogP) is 1.68. The molecule has 0 aliphatic rings. The Morgan fingerprint density at radius 3 is 2.71 bits per heavy atom. The molecule has 0 radical (unpaired) electrons. The number of oxazole rings is 1. The lowest BCUT2D eigenvalue weighted by atomic mass is 10.3. The van der Waals surface area contributed by atoms with Gasteiger partial charge in [0.25, 0.3) is 0 Å². The second-order valence-corrected chi connectivity index (χ2v) is 3.68. The normalized spacial score (nSPS) is 10.5. The van der Waals surface area contributed by atoms with Crippen LogP contribution in [0.3, 0.4) is 0 Å². The van der Waals surface area contributed by atoms with E-state index in [4.69, 9.17) is 9.15 Å². The zero-order valence-electron chi connectivity index (χ0n) is 9.93. The number of nitrogens with zero attached hydrogens (tertiary/aromatic N) is 2. The summed E-state index contributed by atoms with van der Waals surface area (Å²) in [4.78, 5) is 8.24. The van der Waals surface area contributed by atoms with Crippen LogP contribution in [0.15, 0.2) is 28.9 Å². The molecule has 0 saturated carbocycles. The first-order valence-corrected chi connectivity index (χ1v) is 5.39. The Hall–Kier alpha value is -1.88. The van der Waals surface area contributed by atoms with E-state index >= 15 is 0 Å². The van der Waals surface area contributed by atoms with Crippen LogP contribution in [0, 0.1) is 6.92 Å². The summed E-state index contributed by atoms with van der Waals surface area (Å²) in [6, 6.07) is 3.81. The molecule has 2 heterocycles. The molecule has 2 rings (SSSR count). The van der Waals surface area contributed by atoms with Gasteiger partial charge >= 0.3 is 0 Å². The number of hydrogen-bond acceptors (Lipinski definition) is 5. The number of rotatable bonds is 5. The van der Waals surface area contributed by atoms with Crippen LogP contribution in [0.1, 0.15) is 17.2 Å². The molecule has 2 aromatic heterocycles. The molecule has 0 aliphatic carbocycles. The van der Waals surface area contributed by atoms with Gasteiger partial charge in [-0.3, -0.25) is 0 Å². The average molecular weight is 233 g/mol. The molecular weight excluding hydrogens is 218 g/mol. The van der Waals surface area contributed by atoms with E-state index in [2.05, 4.69) is 15.3 Å². The predicted molar refractivity (Wildman–Crippen MR) is 62.6 cm³/mol. The minimum absolute atomic E-state index is 0.611. The number of aryl methyl sites for hydroxylation is 1. The van der Waals surface area contributed by atoms with Crippen LogP contribution < -0.4 is 10.1 Å². The first kappa shape index (κ1) is 11.6. The summed E-state index contributed by atoms with van der Waals surface area (Å²) in [6.07, 6.45) is 3.50. The molecule has 0 amide bonds. The highest BCUT2D eigenvalue weighted by Crippen LogP contribution is 2.06. The Morgan fingerprint density at radius 2 is 2.12 bits per heavy atom. The first-order chi connectivity index (χ1) is 8.28. The standard InChI is InChI=1S/C12H15N3O2/c1-9-5-14-12(17-9)8-13-6-10-3-4-11(16-2)15-7-10/h3-5,7,13H,6,8H2,1-2H3. The molecule has 0 spiro atoms. The van der Waals surface area contributed by atoms with Crippen LogP contribution in [-0.2, 0) is 13.1 Å². The third-order valence-electron chi connectivity index (χ3n) is 2.28. The maximum Gasteiger partial charge on any atom is 0.212 e. The van der Waals surface area contributed by atoms with E-state index in [1.807, 2.05) is 19.1 Å². The molecular formula is C12H15N3O2. The fourth-order valence-electron chi connectivity index (χ4n) is 1.43. The van der Waals surface area contributed by atoms with Crippen molar-refractivity contribution in [2.75, 3.05) is 7.11 Å². The van der Waals surface area contributed by atoms with E-state index in [1.165, 1.54) is 0 Å². The molecule has 17 heavy (non-hydrogen) atoms. The van der Waals surface area contributed by atoms with Gasteiger partial charge in [-0.2, -0.15) is 0 Å². The number of aromatic nitrogens is 2. The van der Waals surface area contributed by atoms with Crippen molar-refractivity contribution in [3.05, 3.63) is 41.7 Å². The van der Waals surface area contributed by atoms with Gasteiger partial charge in [0.1, 0.15) is 5.76 Å². The molecule has 2 aromatic rings. The third kappa shape index (κ3) is 3.29. The lowest BCUT2D eigenvalue weighted by molar-refractivity contribution is 0.397. The highest BCUT2D eigenvalue weighted by molar-refractivity contribution is 5.17. The van der Waals surface area contributed by atoms with E-state index in [-0.39, 0.29) is 0 Å². The molecule has 0 fully saturated rings. The molecule has 5 nitrogen and oxygen atoms in total. The summed E-state index contributed by atoms with van der Waals surface area (Å²) >= 11 is 0. The fourth-order valence-corrected chi connectivity index (χ4v) is 1.43. The van der Waals surface area contributed by atoms with Crippen molar-refractivity contribution in [2.45, 2.75) is 20.0 Å². The van der Waals surface area contributed by atoms with Crippen molar-refractivity contribution in [3.8, 4) is 5.88 Å². The van der Waals surface area contributed by atoms with Gasteiger partial charge in [-0.25, -0.2) is 9.97 Å². The van der Waals surface area contributed by atoms with Gasteiger partial charge in [-0.05, 0) is 12.5 Å². The van der Waals surface area contributed by atoms with Crippen molar-refractivity contribution in [1.29, 1.82) is 0 Å². The van der Waals surface area contributed by atoms with Crippen LogP contribution in [0.4, 0.5) is 0 Å². The van der Waals surface area contributed by atoms with Crippen molar-refractivity contribution in [2.24, 2.45) is 0 Å². The van der Waals surface area contributed by atoms with E-state index in [1.54, 1.807) is 19.5 Å². The maximum atomic E-state index is 5.35. The van der Waals surface area contributed by atoms with E-state index < -0.39 is 0 Å². The minimum atomic E-state index is 0.611. The highest BCUT2D eigenvalue weighted by atomic mass is 16.5. The van der Waals surface area contributed by atoms with E-state index in [0.717, 1.165) is 17.9 Å². The summed E-state index contributed by atoms with van der Waals surface area (Å²) in [5.41, 5.74) is 1.09. The topological polar surface area (TPSA) is 60.2 Å². The van der Waals surface area contributed by atoms with Crippen LogP contribution in [0.2, 0.25) is 0 Å². The second kappa shape index (κ2) is 5.45. The van der Waals surface area contributed by atoms with E-state index in [0.29, 0.717) is 18.3 Å². The highest BCUT2D eigenvalue weighted by Gasteiger charge is 2.00. The summed E-state index contributed by atoms with van der Waals surface area (Å²) in [7, 11) is 1.60. The van der Waals surface area contributed by atoms with E-state index in [9.17, 15) is 0 Å². The monoisotopic (exact) mass is 233 g/mol. The van der Waals surface area contributed by atoms with Gasteiger partial charge in [-0.1, -0.05) is 6.07 Å². The quantitative estimate of drug-likeness (QED) is 0.851. The zero-order chi connectivity index (χ0) is 12.1. The molecule has 0 atom stereocenters. The molecule has 0 aliphatic heterocycles. The zero-order valence-corrected chi connectivity index (χ0v) is 9.93. The van der Waals surface area contributed by atoms with Gasteiger partial charge in [-0.15, -0.1) is 0 Å². The lowest BCUT2D eigenvalue weighted by Crippen LogP contribution is -2.13. The SMILES string of the molecule is COc1ccc(CNCc2ncc(C)o2)cn1. The van der Waals surface area contributed by atoms with Crippen LogP contribution >= 0.6 is 0 Å². The smallest absolute Gasteiger partial charge is 0.212 e. The summed E-state index contributed by atoms with van der Waals surface area (Å²) in [5.74, 6) is 2.15. The second-order valence-electron chi connectivity index (χ2n) is 3.68. The van der Waals surface area contributed by atoms with Gasteiger partial charge in [0.05, 0.1) is 19.9 Å². The number of pyridine rings is 1. The van der Waals surface area contributed by atoms with Gasteiger partial charge in [0.2, 0.25) is 11.8 Å². The van der Waals surface area contributed by atoms with Gasteiger partial charge in [0, 0.05) is 18.8 Å². The van der Waals surface area contributed by atoms with Crippen molar-refractivity contribution in [3.63, 3.8) is 0 Å². The molecule has 0 saturated heterocycles. The molecule has 0 aromatic carbocycles. The Kier molecular flexibility index (Phi) is 3.72. The molecule has 1 N–H and O–H groups in total. The minimum Gasteiger partial charge on any atom is -0.481 e. The van der Waals surface area contributed by atoms with Crippen molar-refractivity contribution >= 4 is 0 Å². The Labute approximate surface area is 99.8 Å². The fraction of sp³-hybridized carbons (Fsp3) is 0.333. The number of ether oxygens (including phenoxy) is 1. The van der Waals surface area contributed by atoms with Gasteiger partial charge < -0.3 is 14.5 Å². The van der Waals surface area contributed by atoms with Crippen LogP contribution in [0.25, 0.3) is 0 Å². The lowest BCUT2D eigenvalue weighted by Gasteiger charge is -2.03. The Bertz CT molecular complexity index is 465. The molecule has 0 unspecified atom stereocenters.